The highest BCUT2D eigenvalue weighted by atomic mass is 16.4. The number of aromatic carboxylic acids is 1. The van der Waals surface area contributed by atoms with E-state index < -0.39 is 5.97 Å². The number of hydrogen-bond donors (Lipinski definition) is 2. The van der Waals surface area contributed by atoms with Gasteiger partial charge in [0.15, 0.2) is 0 Å². The van der Waals surface area contributed by atoms with Crippen LogP contribution in [0, 0.1) is 0 Å². The van der Waals surface area contributed by atoms with E-state index in [0.29, 0.717) is 5.69 Å². The Labute approximate surface area is 156 Å². The fourth-order valence-electron chi connectivity index (χ4n) is 2.95. The van der Waals surface area contributed by atoms with Crippen LogP contribution in [0.3, 0.4) is 0 Å². The van der Waals surface area contributed by atoms with Crippen molar-refractivity contribution < 1.29 is 9.90 Å². The maximum atomic E-state index is 11.7. The summed E-state index contributed by atoms with van der Waals surface area (Å²) in [5.74, 6) is -0.972. The first kappa shape index (κ1) is 16.6. The number of carboxylic acid groups (broad SMARTS) is 1. The van der Waals surface area contributed by atoms with Crippen LogP contribution in [0.1, 0.15) is 10.4 Å². The van der Waals surface area contributed by atoms with E-state index in [2.05, 4.69) is 10.4 Å². The Morgan fingerprint density at radius 2 is 1.74 bits per heavy atom. The summed E-state index contributed by atoms with van der Waals surface area (Å²) in [7, 11) is 0. The molecule has 0 unspecified atom stereocenters. The summed E-state index contributed by atoms with van der Waals surface area (Å²) in [4.78, 5) is 11.7. The molecule has 27 heavy (non-hydrogen) atoms. The maximum absolute atomic E-state index is 11.7. The third-order valence-corrected chi connectivity index (χ3v) is 4.25. The normalized spacial score (nSPS) is 10.5. The highest BCUT2D eigenvalue weighted by Gasteiger charge is 2.12. The molecule has 0 radical (unpaired) electrons. The minimum Gasteiger partial charge on any atom is -0.478 e. The van der Waals surface area contributed by atoms with Crippen molar-refractivity contribution in [3.63, 3.8) is 0 Å². The molecular formula is C22H17N3O2. The first-order valence-corrected chi connectivity index (χ1v) is 8.50. The van der Waals surface area contributed by atoms with Crippen LogP contribution in [-0.4, -0.2) is 20.9 Å². The average molecular weight is 355 g/mol. The van der Waals surface area contributed by atoms with Crippen LogP contribution in [0.4, 0.5) is 11.4 Å². The third-order valence-electron chi connectivity index (χ3n) is 4.25. The number of nitrogens with zero attached hydrogens (tertiary/aromatic N) is 2. The zero-order valence-electron chi connectivity index (χ0n) is 14.4. The molecule has 4 rings (SSSR count). The molecule has 5 heteroatoms. The fourth-order valence-corrected chi connectivity index (χ4v) is 2.95. The highest BCUT2D eigenvalue weighted by Crippen LogP contribution is 2.28. The number of rotatable bonds is 5. The number of aromatic nitrogens is 2. The van der Waals surface area contributed by atoms with Crippen LogP contribution in [0.5, 0.6) is 0 Å². The number of benzene rings is 3. The third kappa shape index (κ3) is 3.57. The van der Waals surface area contributed by atoms with Gasteiger partial charge < -0.3 is 10.4 Å². The van der Waals surface area contributed by atoms with Crippen molar-refractivity contribution in [1.29, 1.82) is 0 Å². The highest BCUT2D eigenvalue weighted by molar-refractivity contribution is 5.96. The minimum atomic E-state index is -0.972. The molecule has 0 saturated carbocycles. The molecule has 5 nitrogen and oxygen atoms in total. The largest absolute Gasteiger partial charge is 0.478 e. The second kappa shape index (κ2) is 7.17. The molecule has 4 aromatic rings. The lowest BCUT2D eigenvalue weighted by molar-refractivity contribution is 0.0698. The van der Waals surface area contributed by atoms with Crippen molar-refractivity contribution in [2.75, 3.05) is 5.32 Å². The number of carbonyl (C=O) groups is 1. The first-order chi connectivity index (χ1) is 13.2. The van der Waals surface area contributed by atoms with E-state index in [9.17, 15) is 9.90 Å². The van der Waals surface area contributed by atoms with Crippen molar-refractivity contribution in [3.8, 4) is 16.8 Å². The summed E-state index contributed by atoms with van der Waals surface area (Å²) in [6, 6.07) is 24.7. The smallest absolute Gasteiger partial charge is 0.337 e. The van der Waals surface area contributed by atoms with Crippen LogP contribution in [0.15, 0.2) is 91.3 Å². The number of nitrogens with one attached hydrogen (secondary N) is 1. The van der Waals surface area contributed by atoms with Crippen molar-refractivity contribution in [3.05, 3.63) is 96.8 Å². The van der Waals surface area contributed by atoms with Gasteiger partial charge in [0, 0.05) is 18.1 Å². The van der Waals surface area contributed by atoms with Gasteiger partial charge in [0.2, 0.25) is 0 Å². The van der Waals surface area contributed by atoms with Gasteiger partial charge in [0.05, 0.1) is 16.9 Å². The van der Waals surface area contributed by atoms with Gasteiger partial charge >= 0.3 is 5.97 Å². The van der Waals surface area contributed by atoms with Gasteiger partial charge in [-0.15, -0.1) is 0 Å². The predicted molar refractivity (Wildman–Crippen MR) is 106 cm³/mol. The summed E-state index contributed by atoms with van der Waals surface area (Å²) in [5, 5.41) is 17.0. The zero-order chi connectivity index (χ0) is 18.6. The Balaban J connectivity index is 1.72. The molecule has 0 aliphatic rings. The topological polar surface area (TPSA) is 67.2 Å². The number of carboxylic acids is 1. The summed E-state index contributed by atoms with van der Waals surface area (Å²) >= 11 is 0. The maximum Gasteiger partial charge on any atom is 0.337 e. The van der Waals surface area contributed by atoms with Gasteiger partial charge in [-0.2, -0.15) is 5.10 Å². The van der Waals surface area contributed by atoms with E-state index in [1.54, 1.807) is 16.9 Å². The summed E-state index contributed by atoms with van der Waals surface area (Å²) in [5.41, 5.74) is 4.42. The molecular weight excluding hydrogens is 338 g/mol. The van der Waals surface area contributed by atoms with Crippen LogP contribution < -0.4 is 5.32 Å². The van der Waals surface area contributed by atoms with Crippen molar-refractivity contribution >= 4 is 17.3 Å². The number of anilines is 2. The SMILES string of the molecule is O=C(O)c1ccc(-c2ccccc2)cc1Nc1cccc(-n2cccn2)c1. The van der Waals surface area contributed by atoms with Crippen molar-refractivity contribution in [1.82, 2.24) is 9.78 Å². The Bertz CT molecular complexity index is 1070. The standard InChI is InChI=1S/C22H17N3O2/c26-22(27)20-11-10-17(16-6-2-1-3-7-16)14-21(20)24-18-8-4-9-19(15-18)25-13-5-12-23-25/h1-15,24H,(H,26,27). The number of hydrogen-bond acceptors (Lipinski definition) is 3. The van der Waals surface area contributed by atoms with E-state index >= 15 is 0 Å². The minimum absolute atomic E-state index is 0.221. The van der Waals surface area contributed by atoms with E-state index in [1.807, 2.05) is 79.0 Å². The van der Waals surface area contributed by atoms with E-state index in [1.165, 1.54) is 0 Å². The first-order valence-electron chi connectivity index (χ1n) is 8.50. The van der Waals surface area contributed by atoms with E-state index in [4.69, 9.17) is 0 Å². The van der Waals surface area contributed by atoms with Gasteiger partial charge in [-0.05, 0) is 47.5 Å². The lowest BCUT2D eigenvalue weighted by atomic mass is 10.0. The molecule has 1 aromatic heterocycles. The fraction of sp³-hybridized carbons (Fsp3) is 0. The molecule has 0 fully saturated rings. The quantitative estimate of drug-likeness (QED) is 0.530. The second-order valence-electron chi connectivity index (χ2n) is 6.06. The molecule has 2 N–H and O–H groups in total. The molecule has 3 aromatic carbocycles. The van der Waals surface area contributed by atoms with Crippen molar-refractivity contribution in [2.24, 2.45) is 0 Å². The average Bonchev–Trinajstić information content (AvgIpc) is 3.23. The summed E-state index contributed by atoms with van der Waals surface area (Å²) < 4.78 is 1.75. The Morgan fingerprint density at radius 3 is 2.48 bits per heavy atom. The lowest BCUT2D eigenvalue weighted by Gasteiger charge is -2.13. The molecule has 0 amide bonds. The van der Waals surface area contributed by atoms with Gasteiger partial charge in [0.1, 0.15) is 0 Å². The second-order valence-corrected chi connectivity index (χ2v) is 6.06. The van der Waals surface area contributed by atoms with E-state index in [0.717, 1.165) is 22.5 Å². The van der Waals surface area contributed by atoms with Crippen LogP contribution >= 0.6 is 0 Å². The Kier molecular flexibility index (Phi) is 4.41. The van der Waals surface area contributed by atoms with E-state index in [-0.39, 0.29) is 5.56 Å². The Hall–Kier alpha value is -3.86. The lowest BCUT2D eigenvalue weighted by Crippen LogP contribution is -2.03. The molecule has 0 aliphatic heterocycles. The molecule has 1 heterocycles. The van der Waals surface area contributed by atoms with Crippen molar-refractivity contribution in [2.45, 2.75) is 0 Å². The molecule has 0 bridgehead atoms. The monoisotopic (exact) mass is 355 g/mol. The van der Waals surface area contributed by atoms with Gasteiger partial charge in [-0.25, -0.2) is 9.48 Å². The summed E-state index contributed by atoms with van der Waals surface area (Å²) in [6.07, 6.45) is 3.57. The van der Waals surface area contributed by atoms with Gasteiger partial charge in [0.25, 0.3) is 0 Å². The molecule has 0 saturated heterocycles. The van der Waals surface area contributed by atoms with Gasteiger partial charge in [-0.1, -0.05) is 42.5 Å². The zero-order valence-corrected chi connectivity index (χ0v) is 14.4. The molecule has 0 aliphatic carbocycles. The molecule has 132 valence electrons. The molecule has 0 spiro atoms. The predicted octanol–water partition coefficient (Wildman–Crippen LogP) is 4.98. The summed E-state index contributed by atoms with van der Waals surface area (Å²) in [6.45, 7) is 0. The van der Waals surface area contributed by atoms with Gasteiger partial charge in [-0.3, -0.25) is 0 Å². The van der Waals surface area contributed by atoms with Crippen LogP contribution in [0.25, 0.3) is 16.8 Å². The molecule has 0 atom stereocenters. The van der Waals surface area contributed by atoms with Crippen LogP contribution in [-0.2, 0) is 0 Å². The Morgan fingerprint density at radius 1 is 0.889 bits per heavy atom. The van der Waals surface area contributed by atoms with Crippen LogP contribution in [0.2, 0.25) is 0 Å².